The first-order chi connectivity index (χ1) is 20.6. The van der Waals surface area contributed by atoms with Crippen LogP contribution in [0.15, 0.2) is 61.1 Å². The van der Waals surface area contributed by atoms with Crippen LogP contribution in [0.3, 0.4) is 0 Å². The summed E-state index contributed by atoms with van der Waals surface area (Å²) in [6, 6.07) is 8.57. The highest BCUT2D eigenvalue weighted by Crippen LogP contribution is 2.39. The van der Waals surface area contributed by atoms with E-state index in [1.54, 1.807) is 6.92 Å². The van der Waals surface area contributed by atoms with Crippen molar-refractivity contribution in [3.05, 3.63) is 83.9 Å². The number of fused-ring (bicyclic) bond motifs is 1. The van der Waals surface area contributed by atoms with Crippen LogP contribution in [0.1, 0.15) is 37.6 Å². The molecule has 9 nitrogen and oxygen atoms in total. The van der Waals surface area contributed by atoms with Crippen LogP contribution in [0.2, 0.25) is 0 Å². The molecule has 14 heteroatoms. The van der Waals surface area contributed by atoms with Gasteiger partial charge in [-0.1, -0.05) is 13.0 Å². The third kappa shape index (κ3) is 6.12. The maximum Gasteiger partial charge on any atom is 0.417 e. The van der Waals surface area contributed by atoms with Gasteiger partial charge in [-0.05, 0) is 55.8 Å². The normalized spacial score (nSPS) is 12.3. The summed E-state index contributed by atoms with van der Waals surface area (Å²) in [4.78, 5) is 25.6. The van der Waals surface area contributed by atoms with Crippen LogP contribution in [-0.2, 0) is 15.7 Å². The fraction of sp³-hybridized carbons (Fsp3) is 0.241. The van der Waals surface area contributed by atoms with E-state index in [0.717, 1.165) is 12.1 Å². The summed E-state index contributed by atoms with van der Waals surface area (Å²) in [7, 11) is 0. The Balaban J connectivity index is 1.52. The van der Waals surface area contributed by atoms with E-state index in [9.17, 15) is 26.7 Å². The maximum absolute atomic E-state index is 14.3. The number of esters is 1. The Morgan fingerprint density at radius 2 is 1.77 bits per heavy atom. The van der Waals surface area contributed by atoms with E-state index >= 15 is 0 Å². The molecule has 0 aliphatic carbocycles. The van der Waals surface area contributed by atoms with E-state index in [-0.39, 0.29) is 58.8 Å². The molecule has 43 heavy (non-hydrogen) atoms. The topological polar surface area (TPSA) is 105 Å². The highest BCUT2D eigenvalue weighted by Gasteiger charge is 2.35. The number of hydrogen-bond acceptors (Lipinski definition) is 8. The number of aromatic nitrogens is 6. The summed E-state index contributed by atoms with van der Waals surface area (Å²) >= 11 is 0. The quantitative estimate of drug-likeness (QED) is 0.147. The predicted molar refractivity (Wildman–Crippen MR) is 143 cm³/mol. The highest BCUT2D eigenvalue weighted by atomic mass is 19.4. The second-order valence-corrected chi connectivity index (χ2v) is 9.23. The van der Waals surface area contributed by atoms with Crippen molar-refractivity contribution < 1.29 is 36.2 Å². The van der Waals surface area contributed by atoms with Crippen molar-refractivity contribution >= 4 is 5.97 Å². The van der Waals surface area contributed by atoms with E-state index in [1.165, 1.54) is 53.5 Å². The van der Waals surface area contributed by atoms with Gasteiger partial charge in [0.15, 0.2) is 29.3 Å². The predicted octanol–water partition coefficient (Wildman–Crippen LogP) is 6.14. The molecule has 0 saturated heterocycles. The van der Waals surface area contributed by atoms with Gasteiger partial charge in [0.05, 0.1) is 42.1 Å². The lowest BCUT2D eigenvalue weighted by molar-refractivity contribution is -0.146. The van der Waals surface area contributed by atoms with Gasteiger partial charge in [0.25, 0.3) is 0 Å². The van der Waals surface area contributed by atoms with Crippen LogP contribution in [-0.4, -0.2) is 48.9 Å². The number of carbonyl (C=O) groups excluding carboxylic acids is 1. The average Bonchev–Trinajstić information content (AvgIpc) is 3.41. The zero-order chi connectivity index (χ0) is 30.7. The van der Waals surface area contributed by atoms with Crippen LogP contribution in [0.25, 0.3) is 34.2 Å². The molecule has 1 unspecified atom stereocenters. The molecular formula is C29H23F5N6O3. The summed E-state index contributed by atoms with van der Waals surface area (Å²) in [6.45, 7) is 3.73. The van der Waals surface area contributed by atoms with Crippen LogP contribution >= 0.6 is 0 Å². The Hall–Kier alpha value is -5.01. The Bertz CT molecular complexity index is 1730. The number of rotatable bonds is 9. The Morgan fingerprint density at radius 1 is 0.953 bits per heavy atom. The molecule has 2 aromatic carbocycles. The molecule has 3 heterocycles. The van der Waals surface area contributed by atoms with E-state index < -0.39 is 35.4 Å². The standard InChI is InChI=1S/C29H23F5N6O3/c1-3-12-43-16-8-9-17(19(13-16)29(32,33)34)21-10-11-22(39-38-21)25(28(41)42-4-2)40-14-23-27(35-15-40)37-26(36-23)18-6-5-7-20(30)24(18)31/h5-11,13-15,25H,3-4,12H2,1-2H3. The molecule has 3 aromatic rings. The lowest BCUT2D eigenvalue weighted by Crippen LogP contribution is -2.25. The molecule has 0 spiro atoms. The van der Waals surface area contributed by atoms with Gasteiger partial charge in [0.1, 0.15) is 11.4 Å². The fourth-order valence-corrected chi connectivity index (χ4v) is 4.30. The Morgan fingerprint density at radius 3 is 2.47 bits per heavy atom. The van der Waals surface area contributed by atoms with Crippen LogP contribution in [0.4, 0.5) is 22.0 Å². The van der Waals surface area contributed by atoms with Crippen molar-refractivity contribution in [1.29, 1.82) is 0 Å². The number of ether oxygens (including phenoxy) is 2. The molecule has 5 rings (SSSR count). The number of imidazole rings is 1. The first kappa shape index (κ1) is 29.5. The average molecular weight is 599 g/mol. The van der Waals surface area contributed by atoms with Crippen molar-refractivity contribution in [2.45, 2.75) is 32.5 Å². The molecule has 0 fully saturated rings. The number of carbonyl (C=O) groups is 1. The molecule has 0 N–H and O–H groups in total. The van der Waals surface area contributed by atoms with Crippen molar-refractivity contribution in [3.63, 3.8) is 0 Å². The number of hydrogen-bond donors (Lipinski definition) is 0. The molecule has 0 saturated carbocycles. The number of halogens is 5. The van der Waals surface area contributed by atoms with Gasteiger partial charge in [0.2, 0.25) is 0 Å². The van der Waals surface area contributed by atoms with Gasteiger partial charge in [-0.2, -0.15) is 23.4 Å². The second-order valence-electron chi connectivity index (χ2n) is 9.23. The van der Waals surface area contributed by atoms with E-state index in [2.05, 4.69) is 25.1 Å². The molecule has 0 radical (unpaired) electrons. The summed E-state index contributed by atoms with van der Waals surface area (Å²) in [5, 5.41) is 8.05. The van der Waals surface area contributed by atoms with Gasteiger partial charge in [0, 0.05) is 11.8 Å². The molecule has 222 valence electrons. The molecule has 1 atom stereocenters. The largest absolute Gasteiger partial charge is 0.494 e. The van der Waals surface area contributed by atoms with E-state index in [1.807, 2.05) is 6.92 Å². The lowest BCUT2D eigenvalue weighted by atomic mass is 10.0. The smallest absolute Gasteiger partial charge is 0.417 e. The SMILES string of the molecule is CCCOc1ccc(-c2ccc(C(C(=O)OCC)n3cnc4nc(-c5cccc(F)c5F)nc-4c3)nn2)c(C(F)(F)F)c1. The zero-order valence-electron chi connectivity index (χ0n) is 22.8. The Labute approximate surface area is 241 Å². The molecule has 2 aliphatic rings. The molecule has 2 aliphatic heterocycles. The van der Waals surface area contributed by atoms with Gasteiger partial charge in [-0.15, -0.1) is 0 Å². The second kappa shape index (κ2) is 12.1. The lowest BCUT2D eigenvalue weighted by Gasteiger charge is -2.19. The summed E-state index contributed by atoms with van der Waals surface area (Å²) < 4.78 is 81.7. The van der Waals surface area contributed by atoms with Crippen molar-refractivity contribution in [3.8, 4) is 39.9 Å². The molecular weight excluding hydrogens is 575 g/mol. The van der Waals surface area contributed by atoms with Gasteiger partial charge < -0.3 is 14.0 Å². The van der Waals surface area contributed by atoms with Crippen LogP contribution in [0.5, 0.6) is 5.75 Å². The van der Waals surface area contributed by atoms with Crippen LogP contribution in [0, 0.1) is 11.6 Å². The maximum atomic E-state index is 14.3. The zero-order valence-corrected chi connectivity index (χ0v) is 22.8. The Kier molecular flexibility index (Phi) is 8.28. The molecule has 0 amide bonds. The van der Waals surface area contributed by atoms with E-state index in [4.69, 9.17) is 9.47 Å². The van der Waals surface area contributed by atoms with E-state index in [0.29, 0.717) is 6.42 Å². The fourth-order valence-electron chi connectivity index (χ4n) is 4.30. The minimum absolute atomic E-state index is 0.0254. The van der Waals surface area contributed by atoms with Gasteiger partial charge in [-0.25, -0.2) is 28.5 Å². The number of benzene rings is 2. The summed E-state index contributed by atoms with van der Waals surface area (Å²) in [5.74, 6) is -2.88. The van der Waals surface area contributed by atoms with Crippen LogP contribution < -0.4 is 4.74 Å². The minimum atomic E-state index is -4.69. The van der Waals surface area contributed by atoms with Crippen molar-refractivity contribution in [1.82, 2.24) is 29.7 Å². The first-order valence-electron chi connectivity index (χ1n) is 13.1. The highest BCUT2D eigenvalue weighted by molar-refractivity contribution is 5.78. The number of nitrogens with zero attached hydrogens (tertiary/aromatic N) is 6. The summed E-state index contributed by atoms with van der Waals surface area (Å²) in [5.41, 5.74) is -1.22. The summed E-state index contributed by atoms with van der Waals surface area (Å²) in [6.07, 6.45) is -1.43. The van der Waals surface area contributed by atoms with Gasteiger partial charge >= 0.3 is 12.1 Å². The molecule has 1 aromatic heterocycles. The number of alkyl halides is 3. The first-order valence-corrected chi connectivity index (χ1v) is 13.1. The third-order valence-electron chi connectivity index (χ3n) is 6.26. The monoisotopic (exact) mass is 598 g/mol. The molecule has 0 bridgehead atoms. The van der Waals surface area contributed by atoms with Crippen molar-refractivity contribution in [2.75, 3.05) is 13.2 Å². The van der Waals surface area contributed by atoms with Gasteiger partial charge in [-0.3, -0.25) is 0 Å². The minimum Gasteiger partial charge on any atom is -0.494 e. The van der Waals surface area contributed by atoms with Crippen molar-refractivity contribution in [2.24, 2.45) is 0 Å². The third-order valence-corrected chi connectivity index (χ3v) is 6.26.